The van der Waals surface area contributed by atoms with Gasteiger partial charge in [0, 0.05) is 11.6 Å². The fourth-order valence-corrected chi connectivity index (χ4v) is 1.44. The number of halogens is 2. The van der Waals surface area contributed by atoms with E-state index in [4.69, 9.17) is 10.8 Å². The lowest BCUT2D eigenvalue weighted by molar-refractivity contribution is -0.385. The maximum Gasteiger partial charge on any atom is 0.289 e. The van der Waals surface area contributed by atoms with E-state index < -0.39 is 40.5 Å². The molecule has 0 spiro atoms. The highest BCUT2D eigenvalue weighted by atomic mass is 19.3. The molecule has 19 heavy (non-hydrogen) atoms. The molecule has 106 valence electrons. The van der Waals surface area contributed by atoms with Crippen LogP contribution in [0.5, 0.6) is 11.5 Å². The Bertz CT molecular complexity index is 495. The molecule has 0 unspecified atom stereocenters. The normalized spacial score (nSPS) is 13.1. The number of alkyl halides is 2. The van der Waals surface area contributed by atoms with Gasteiger partial charge >= 0.3 is 0 Å². The van der Waals surface area contributed by atoms with Gasteiger partial charge in [0.15, 0.2) is 11.5 Å². The number of nitro benzene ring substituents is 1. The van der Waals surface area contributed by atoms with E-state index in [2.05, 4.69) is 4.74 Å². The molecule has 0 heterocycles. The van der Waals surface area contributed by atoms with Crippen LogP contribution in [0.4, 0.5) is 14.5 Å². The number of aliphatic hydroxyl groups is 1. The first-order valence-corrected chi connectivity index (χ1v) is 5.04. The Hall–Kier alpha value is -2.00. The zero-order valence-corrected chi connectivity index (χ0v) is 9.84. The third-order valence-corrected chi connectivity index (χ3v) is 2.52. The van der Waals surface area contributed by atoms with Gasteiger partial charge in [-0.2, -0.15) is 0 Å². The number of nitrogens with zero attached hydrogens (tertiary/aromatic N) is 1. The number of methoxy groups -OCH3 is 1. The second kappa shape index (κ2) is 5.33. The summed E-state index contributed by atoms with van der Waals surface area (Å²) in [6, 6.07) is -0.513. The van der Waals surface area contributed by atoms with Crippen molar-refractivity contribution < 1.29 is 28.7 Å². The highest BCUT2D eigenvalue weighted by Gasteiger charge is 2.40. The van der Waals surface area contributed by atoms with Gasteiger partial charge in [-0.3, -0.25) is 10.1 Å². The summed E-state index contributed by atoms with van der Waals surface area (Å²) in [4.78, 5) is 9.83. The Labute approximate surface area is 106 Å². The zero-order valence-electron chi connectivity index (χ0n) is 9.84. The number of nitrogens with two attached hydrogens (primary N) is 1. The number of non-ortho nitro benzene ring substituents is 1. The van der Waals surface area contributed by atoms with Crippen LogP contribution in [0.2, 0.25) is 0 Å². The summed E-state index contributed by atoms with van der Waals surface area (Å²) >= 11 is 0. The highest BCUT2D eigenvalue weighted by Crippen LogP contribution is 2.41. The Morgan fingerprint density at radius 3 is 2.58 bits per heavy atom. The van der Waals surface area contributed by atoms with Crippen molar-refractivity contribution in [3.63, 3.8) is 0 Å². The molecule has 0 aliphatic rings. The standard InChI is InChI=1S/C10H12F2N2O5/c1-19-7-3-5(14(17)18)2-6(8(7)16)9(13)10(11,12)4-15/h2-3,9,15-16H,4,13H2,1H3/t9-/m0/s1. The Morgan fingerprint density at radius 1 is 1.58 bits per heavy atom. The van der Waals surface area contributed by atoms with Gasteiger partial charge in [-0.25, -0.2) is 8.78 Å². The number of hydrogen-bond acceptors (Lipinski definition) is 6. The van der Waals surface area contributed by atoms with Gasteiger partial charge in [0.05, 0.1) is 18.1 Å². The Morgan fingerprint density at radius 2 is 2.16 bits per heavy atom. The third-order valence-electron chi connectivity index (χ3n) is 2.52. The summed E-state index contributed by atoms with van der Waals surface area (Å²) in [5, 5.41) is 28.9. The highest BCUT2D eigenvalue weighted by molar-refractivity contribution is 5.55. The molecule has 1 rings (SSSR count). The van der Waals surface area contributed by atoms with Gasteiger partial charge in [-0.05, 0) is 0 Å². The molecule has 0 saturated carbocycles. The van der Waals surface area contributed by atoms with Crippen molar-refractivity contribution in [2.24, 2.45) is 5.73 Å². The smallest absolute Gasteiger partial charge is 0.289 e. The van der Waals surface area contributed by atoms with Gasteiger partial charge in [0.1, 0.15) is 12.6 Å². The third kappa shape index (κ3) is 2.88. The van der Waals surface area contributed by atoms with Crippen LogP contribution in [-0.2, 0) is 0 Å². The van der Waals surface area contributed by atoms with E-state index >= 15 is 0 Å². The average molecular weight is 278 g/mol. The monoisotopic (exact) mass is 278 g/mol. The lowest BCUT2D eigenvalue weighted by Crippen LogP contribution is -2.36. The maximum absolute atomic E-state index is 13.3. The van der Waals surface area contributed by atoms with E-state index in [9.17, 15) is 24.0 Å². The van der Waals surface area contributed by atoms with Crippen LogP contribution in [0.1, 0.15) is 11.6 Å². The van der Waals surface area contributed by atoms with Crippen LogP contribution in [0.3, 0.4) is 0 Å². The van der Waals surface area contributed by atoms with Crippen LogP contribution >= 0.6 is 0 Å². The second-order valence-corrected chi connectivity index (χ2v) is 3.74. The van der Waals surface area contributed by atoms with Gasteiger partial charge in [-0.1, -0.05) is 0 Å². The van der Waals surface area contributed by atoms with E-state index in [1.165, 1.54) is 0 Å². The van der Waals surface area contributed by atoms with Gasteiger partial charge in [0.2, 0.25) is 0 Å². The molecule has 4 N–H and O–H groups in total. The van der Waals surface area contributed by atoms with E-state index in [-0.39, 0.29) is 5.75 Å². The lowest BCUT2D eigenvalue weighted by Gasteiger charge is -2.22. The molecule has 1 aromatic carbocycles. The van der Waals surface area contributed by atoms with Gasteiger partial charge in [-0.15, -0.1) is 0 Å². The number of hydrogen-bond donors (Lipinski definition) is 3. The van der Waals surface area contributed by atoms with Crippen LogP contribution in [0, 0.1) is 10.1 Å². The minimum Gasteiger partial charge on any atom is -0.504 e. The second-order valence-electron chi connectivity index (χ2n) is 3.74. The number of rotatable bonds is 5. The van der Waals surface area contributed by atoms with E-state index in [0.717, 1.165) is 13.2 Å². The molecule has 9 heteroatoms. The van der Waals surface area contributed by atoms with E-state index in [1.807, 2.05) is 0 Å². The number of aromatic hydroxyl groups is 1. The first-order chi connectivity index (χ1) is 8.74. The molecule has 1 atom stereocenters. The number of benzene rings is 1. The fraction of sp³-hybridized carbons (Fsp3) is 0.400. The molecule has 0 aliphatic heterocycles. The minimum absolute atomic E-state index is 0.353. The first kappa shape index (κ1) is 15.1. The Kier molecular flexibility index (Phi) is 4.22. The number of aliphatic hydroxyl groups excluding tert-OH is 1. The quantitative estimate of drug-likeness (QED) is 0.544. The van der Waals surface area contributed by atoms with Crippen molar-refractivity contribution in [1.29, 1.82) is 0 Å². The van der Waals surface area contributed by atoms with E-state index in [1.54, 1.807) is 0 Å². The molecule has 0 saturated heterocycles. The fourth-order valence-electron chi connectivity index (χ4n) is 1.44. The summed E-state index contributed by atoms with van der Waals surface area (Å²) in [6.07, 6.45) is 0. The molecule has 0 bridgehead atoms. The average Bonchev–Trinajstić information content (AvgIpc) is 2.37. The molecule has 0 fully saturated rings. The van der Waals surface area contributed by atoms with Gasteiger partial charge in [0.25, 0.3) is 11.6 Å². The molecule has 7 nitrogen and oxygen atoms in total. The summed E-state index contributed by atoms with van der Waals surface area (Å²) in [6.45, 7) is -1.56. The predicted molar refractivity (Wildman–Crippen MR) is 60.3 cm³/mol. The van der Waals surface area contributed by atoms with Crippen LogP contribution in [0.15, 0.2) is 12.1 Å². The molecular weight excluding hydrogens is 266 g/mol. The van der Waals surface area contributed by atoms with Crippen molar-refractivity contribution in [1.82, 2.24) is 0 Å². The number of nitro groups is 1. The van der Waals surface area contributed by atoms with Crippen LogP contribution in [0.25, 0.3) is 0 Å². The molecule has 0 amide bonds. The van der Waals surface area contributed by atoms with Gasteiger partial charge < -0.3 is 20.7 Å². The van der Waals surface area contributed by atoms with E-state index in [0.29, 0.717) is 6.07 Å². The number of phenolic OH excluding ortho intramolecular Hbond substituents is 1. The lowest BCUT2D eigenvalue weighted by atomic mass is 9.99. The molecular formula is C10H12F2N2O5. The largest absolute Gasteiger partial charge is 0.504 e. The molecule has 1 aromatic rings. The van der Waals surface area contributed by atoms with Crippen molar-refractivity contribution in [3.05, 3.63) is 27.8 Å². The number of ether oxygens (including phenoxy) is 1. The molecule has 0 aromatic heterocycles. The van der Waals surface area contributed by atoms with Crippen molar-refractivity contribution in [3.8, 4) is 11.5 Å². The SMILES string of the molecule is COc1cc([N+](=O)[O-])cc([C@H](N)C(F)(F)CO)c1O. The maximum atomic E-state index is 13.3. The molecule has 0 aliphatic carbocycles. The summed E-state index contributed by atoms with van der Waals surface area (Å²) in [5.74, 6) is -4.82. The summed E-state index contributed by atoms with van der Waals surface area (Å²) in [5.41, 5.74) is 4.09. The van der Waals surface area contributed by atoms with Crippen LogP contribution in [-0.4, -0.2) is 34.8 Å². The minimum atomic E-state index is -3.74. The van der Waals surface area contributed by atoms with Crippen molar-refractivity contribution in [2.75, 3.05) is 13.7 Å². The first-order valence-electron chi connectivity index (χ1n) is 5.04. The summed E-state index contributed by atoms with van der Waals surface area (Å²) in [7, 11) is 1.11. The summed E-state index contributed by atoms with van der Waals surface area (Å²) < 4.78 is 31.2. The van der Waals surface area contributed by atoms with Crippen molar-refractivity contribution >= 4 is 5.69 Å². The molecule has 0 radical (unpaired) electrons. The number of phenols is 1. The Balaban J connectivity index is 3.41. The van der Waals surface area contributed by atoms with Crippen LogP contribution < -0.4 is 10.5 Å². The zero-order chi connectivity index (χ0) is 14.8. The van der Waals surface area contributed by atoms with Crippen molar-refractivity contribution in [2.45, 2.75) is 12.0 Å². The predicted octanol–water partition coefficient (Wildman–Crippen LogP) is 0.936. The topological polar surface area (TPSA) is 119 Å².